The second kappa shape index (κ2) is 5.56. The summed E-state index contributed by atoms with van der Waals surface area (Å²) in [5.74, 6) is -1.34. The molecule has 0 aliphatic rings. The summed E-state index contributed by atoms with van der Waals surface area (Å²) < 4.78 is 0. The summed E-state index contributed by atoms with van der Waals surface area (Å²) in [7, 11) is 5.35. The molecular weight excluding hydrogens is 189 g/mol. The van der Waals surface area contributed by atoms with Crippen LogP contribution in [0.2, 0.25) is 0 Å². The van der Waals surface area contributed by atoms with Gasteiger partial charge in [0.1, 0.15) is 0 Å². The van der Waals surface area contributed by atoms with E-state index in [0.717, 1.165) is 5.56 Å². The average molecular weight is 203 g/mol. The first-order valence-corrected chi connectivity index (χ1v) is 4.88. The van der Waals surface area contributed by atoms with Gasteiger partial charge < -0.3 is 10.3 Å². The maximum absolute atomic E-state index is 10.8. The van der Waals surface area contributed by atoms with E-state index in [1.807, 2.05) is 30.3 Å². The molecule has 1 aromatic carbocycles. The summed E-state index contributed by atoms with van der Waals surface area (Å²) in [5, 5.41) is 11.4. The van der Waals surface area contributed by atoms with E-state index in [0.29, 0.717) is 6.42 Å². The summed E-state index contributed by atoms with van der Waals surface area (Å²) >= 11 is 0. The van der Waals surface area contributed by atoms with Crippen LogP contribution in [-0.4, -0.2) is 25.1 Å². The molecule has 2 atom stereocenters. The van der Waals surface area contributed by atoms with Crippen molar-refractivity contribution in [1.29, 1.82) is 0 Å². The topological polar surface area (TPSA) is 49.3 Å². The van der Waals surface area contributed by atoms with Crippen LogP contribution in [0.5, 0.6) is 0 Å². The third kappa shape index (κ3) is 3.40. The van der Waals surface area contributed by atoms with Crippen LogP contribution in [0.3, 0.4) is 0 Å². The van der Waals surface area contributed by atoms with E-state index in [9.17, 15) is 4.79 Å². The molecule has 2 unspecified atom stereocenters. The Balaban J connectivity index is 2.66. The fraction of sp³-hybridized carbons (Fsp3) is 0.364. The molecule has 1 rings (SSSR count). The second-order valence-corrected chi connectivity index (χ2v) is 3.59. The zero-order valence-corrected chi connectivity index (χ0v) is 8.68. The molecule has 15 heavy (non-hydrogen) atoms. The number of hydrogen-bond acceptors (Lipinski definition) is 2. The summed E-state index contributed by atoms with van der Waals surface area (Å²) in [4.78, 5) is 10.8. The Bertz CT molecular complexity index is 316. The number of benzene rings is 1. The quantitative estimate of drug-likeness (QED) is 0.701. The van der Waals surface area contributed by atoms with E-state index in [-0.39, 0.29) is 6.04 Å². The van der Waals surface area contributed by atoms with Gasteiger partial charge in [-0.2, -0.15) is 0 Å². The predicted molar refractivity (Wildman–Crippen MR) is 59.6 cm³/mol. The Hall–Kier alpha value is -1.29. The number of aliphatic carboxylic acids is 1. The van der Waals surface area contributed by atoms with Crippen molar-refractivity contribution in [3.8, 4) is 0 Å². The molecule has 0 aliphatic carbocycles. The van der Waals surface area contributed by atoms with E-state index < -0.39 is 11.9 Å². The van der Waals surface area contributed by atoms with Crippen LogP contribution in [0, 0.1) is 5.92 Å². The minimum Gasteiger partial charge on any atom is -0.481 e. The third-order valence-corrected chi connectivity index (χ3v) is 2.51. The lowest BCUT2D eigenvalue weighted by atomic mass is 9.94. The minimum atomic E-state index is -0.839. The van der Waals surface area contributed by atoms with E-state index in [1.54, 1.807) is 6.92 Å². The van der Waals surface area contributed by atoms with Crippen molar-refractivity contribution in [3.63, 3.8) is 0 Å². The van der Waals surface area contributed by atoms with Crippen LogP contribution < -0.4 is 5.23 Å². The SMILES string of the molecule is [B]NC(Cc1ccccc1)C(C)C(=O)O. The van der Waals surface area contributed by atoms with Gasteiger partial charge in [-0.25, -0.2) is 0 Å². The molecule has 0 saturated carbocycles. The van der Waals surface area contributed by atoms with Crippen molar-refractivity contribution >= 4 is 14.0 Å². The Kier molecular flexibility index (Phi) is 4.37. The lowest BCUT2D eigenvalue weighted by Crippen LogP contribution is -2.39. The molecule has 0 heterocycles. The molecular formula is C11H14BNO2. The summed E-state index contributed by atoms with van der Waals surface area (Å²) in [6.07, 6.45) is 0.616. The number of carboxylic acids is 1. The van der Waals surface area contributed by atoms with Gasteiger partial charge in [0.15, 0.2) is 7.98 Å². The van der Waals surface area contributed by atoms with Crippen molar-refractivity contribution in [2.75, 3.05) is 0 Å². The van der Waals surface area contributed by atoms with Crippen LogP contribution in [-0.2, 0) is 11.2 Å². The van der Waals surface area contributed by atoms with Gasteiger partial charge in [-0.05, 0) is 12.0 Å². The fourth-order valence-corrected chi connectivity index (χ4v) is 1.42. The van der Waals surface area contributed by atoms with Crippen LogP contribution in [0.15, 0.2) is 30.3 Å². The second-order valence-electron chi connectivity index (χ2n) is 3.59. The highest BCUT2D eigenvalue weighted by Crippen LogP contribution is 2.10. The van der Waals surface area contributed by atoms with Crippen molar-refractivity contribution in [1.82, 2.24) is 5.23 Å². The maximum atomic E-state index is 10.8. The third-order valence-electron chi connectivity index (χ3n) is 2.51. The minimum absolute atomic E-state index is 0.245. The molecule has 0 fully saturated rings. The molecule has 2 radical (unpaired) electrons. The van der Waals surface area contributed by atoms with Crippen molar-refractivity contribution in [3.05, 3.63) is 35.9 Å². The zero-order chi connectivity index (χ0) is 11.3. The Morgan fingerprint density at radius 3 is 2.53 bits per heavy atom. The number of carbonyl (C=O) groups is 1. The summed E-state index contributed by atoms with van der Waals surface area (Å²) in [6, 6.07) is 9.44. The highest BCUT2D eigenvalue weighted by molar-refractivity contribution is 6.04. The Labute approximate surface area is 90.9 Å². The van der Waals surface area contributed by atoms with Crippen LogP contribution >= 0.6 is 0 Å². The first-order valence-electron chi connectivity index (χ1n) is 4.88. The molecule has 3 nitrogen and oxygen atoms in total. The standard InChI is InChI=1S/C11H14BNO2/c1-8(11(14)15)10(13-12)7-9-5-3-2-4-6-9/h2-6,8,10,13H,7H2,1H3,(H,14,15). The molecule has 78 valence electrons. The molecule has 1 aromatic rings. The fourth-order valence-electron chi connectivity index (χ4n) is 1.42. The normalized spacial score (nSPS) is 14.5. The predicted octanol–water partition coefficient (Wildman–Crippen LogP) is 0.992. The highest BCUT2D eigenvalue weighted by Gasteiger charge is 2.21. The summed E-state index contributed by atoms with van der Waals surface area (Å²) in [5.41, 5.74) is 1.08. The monoisotopic (exact) mass is 203 g/mol. The lowest BCUT2D eigenvalue weighted by molar-refractivity contribution is -0.141. The van der Waals surface area contributed by atoms with Gasteiger partial charge in [-0.15, -0.1) is 0 Å². The molecule has 4 heteroatoms. The molecule has 0 aliphatic heterocycles. The smallest absolute Gasteiger partial charge is 0.307 e. The largest absolute Gasteiger partial charge is 0.481 e. The summed E-state index contributed by atoms with van der Waals surface area (Å²) in [6.45, 7) is 1.65. The van der Waals surface area contributed by atoms with Crippen LogP contribution in [0.4, 0.5) is 0 Å². The molecule has 0 bridgehead atoms. The van der Waals surface area contributed by atoms with Gasteiger partial charge in [-0.1, -0.05) is 37.3 Å². The average Bonchev–Trinajstić information content (AvgIpc) is 2.26. The van der Waals surface area contributed by atoms with Crippen molar-refractivity contribution < 1.29 is 9.90 Å². The van der Waals surface area contributed by atoms with E-state index in [4.69, 9.17) is 13.1 Å². The van der Waals surface area contributed by atoms with Crippen LogP contribution in [0.1, 0.15) is 12.5 Å². The number of rotatable bonds is 5. The number of hydrogen-bond donors (Lipinski definition) is 2. The molecule has 0 amide bonds. The van der Waals surface area contributed by atoms with Crippen LogP contribution in [0.25, 0.3) is 0 Å². The van der Waals surface area contributed by atoms with Gasteiger partial charge in [0, 0.05) is 6.04 Å². The molecule has 2 N–H and O–H groups in total. The van der Waals surface area contributed by atoms with Gasteiger partial charge in [0.05, 0.1) is 5.92 Å². The van der Waals surface area contributed by atoms with Gasteiger partial charge in [-0.3, -0.25) is 4.79 Å². The number of nitrogens with one attached hydrogen (secondary N) is 1. The highest BCUT2D eigenvalue weighted by atomic mass is 16.4. The first-order chi connectivity index (χ1) is 7.15. The van der Waals surface area contributed by atoms with E-state index >= 15 is 0 Å². The molecule has 0 spiro atoms. The first kappa shape index (κ1) is 11.8. The Morgan fingerprint density at radius 2 is 2.07 bits per heavy atom. The molecule has 0 saturated heterocycles. The van der Waals surface area contributed by atoms with Gasteiger partial charge in [0.2, 0.25) is 0 Å². The zero-order valence-electron chi connectivity index (χ0n) is 8.68. The molecule has 0 aromatic heterocycles. The van der Waals surface area contributed by atoms with Gasteiger partial charge in [0.25, 0.3) is 0 Å². The Morgan fingerprint density at radius 1 is 1.47 bits per heavy atom. The van der Waals surface area contributed by atoms with E-state index in [2.05, 4.69) is 5.23 Å². The van der Waals surface area contributed by atoms with Crippen molar-refractivity contribution in [2.45, 2.75) is 19.4 Å². The lowest BCUT2D eigenvalue weighted by Gasteiger charge is -2.20. The number of carboxylic acid groups (broad SMARTS) is 1. The van der Waals surface area contributed by atoms with Gasteiger partial charge >= 0.3 is 5.97 Å². The maximum Gasteiger partial charge on any atom is 0.307 e. The van der Waals surface area contributed by atoms with E-state index in [1.165, 1.54) is 0 Å². The van der Waals surface area contributed by atoms with Crippen molar-refractivity contribution in [2.24, 2.45) is 5.92 Å².